The third-order valence-electron chi connectivity index (χ3n) is 5.71. The first-order valence-electron chi connectivity index (χ1n) is 9.44. The summed E-state index contributed by atoms with van der Waals surface area (Å²) in [4.78, 5) is 2.57. The van der Waals surface area contributed by atoms with Crippen LogP contribution in [0.4, 0.5) is 5.69 Å². The Kier molecular flexibility index (Phi) is 5.15. The summed E-state index contributed by atoms with van der Waals surface area (Å²) >= 11 is 0. The van der Waals surface area contributed by atoms with Crippen molar-refractivity contribution >= 4 is 5.69 Å². The van der Waals surface area contributed by atoms with Crippen molar-refractivity contribution in [2.24, 2.45) is 0 Å². The number of nitrogens with one attached hydrogen (secondary N) is 1. The second-order valence-electron chi connectivity index (χ2n) is 7.32. The molecule has 0 amide bonds. The van der Waals surface area contributed by atoms with Crippen LogP contribution in [0.15, 0.2) is 18.2 Å². The third-order valence-corrected chi connectivity index (χ3v) is 5.71. The SMILES string of the molecule is CCC1(CC)CN(CCC2CCCCN2)c2ccc(C)cc2O1. The number of anilines is 1. The van der Waals surface area contributed by atoms with Gasteiger partial charge in [-0.25, -0.2) is 0 Å². The summed E-state index contributed by atoms with van der Waals surface area (Å²) in [6.07, 6.45) is 7.41. The molecule has 128 valence electrons. The molecule has 0 radical (unpaired) electrons. The predicted octanol–water partition coefficient (Wildman–Crippen LogP) is 4.28. The molecule has 0 aliphatic carbocycles. The van der Waals surface area contributed by atoms with Gasteiger partial charge >= 0.3 is 0 Å². The van der Waals surface area contributed by atoms with Crippen LogP contribution >= 0.6 is 0 Å². The van der Waals surface area contributed by atoms with Gasteiger partial charge in [-0.1, -0.05) is 26.3 Å². The van der Waals surface area contributed by atoms with Crippen molar-refractivity contribution in [1.29, 1.82) is 0 Å². The van der Waals surface area contributed by atoms with Gasteiger partial charge < -0.3 is 15.0 Å². The topological polar surface area (TPSA) is 24.5 Å². The van der Waals surface area contributed by atoms with Gasteiger partial charge in [0.25, 0.3) is 0 Å². The van der Waals surface area contributed by atoms with Crippen molar-refractivity contribution in [3.8, 4) is 5.75 Å². The Morgan fingerprint density at radius 3 is 2.78 bits per heavy atom. The Labute approximate surface area is 141 Å². The Hall–Kier alpha value is -1.22. The molecule has 1 saturated heterocycles. The van der Waals surface area contributed by atoms with E-state index in [0.717, 1.165) is 31.7 Å². The van der Waals surface area contributed by atoms with E-state index in [0.29, 0.717) is 6.04 Å². The number of ether oxygens (including phenoxy) is 1. The van der Waals surface area contributed by atoms with Gasteiger partial charge in [-0.3, -0.25) is 0 Å². The maximum atomic E-state index is 6.46. The highest BCUT2D eigenvalue weighted by atomic mass is 16.5. The van der Waals surface area contributed by atoms with Crippen LogP contribution in [-0.2, 0) is 0 Å². The number of aryl methyl sites for hydroxylation is 1. The Morgan fingerprint density at radius 2 is 2.09 bits per heavy atom. The number of benzene rings is 1. The molecule has 0 bridgehead atoms. The predicted molar refractivity (Wildman–Crippen MR) is 97.6 cm³/mol. The molecule has 3 heteroatoms. The molecular formula is C20H32N2O. The fourth-order valence-electron chi connectivity index (χ4n) is 3.96. The smallest absolute Gasteiger partial charge is 0.143 e. The fourth-order valence-corrected chi connectivity index (χ4v) is 3.96. The molecule has 23 heavy (non-hydrogen) atoms. The number of fused-ring (bicyclic) bond motifs is 1. The van der Waals surface area contributed by atoms with Crippen molar-refractivity contribution in [2.75, 3.05) is 24.5 Å². The summed E-state index contributed by atoms with van der Waals surface area (Å²) in [6, 6.07) is 7.35. The number of hydrogen-bond donors (Lipinski definition) is 1. The Morgan fingerprint density at radius 1 is 1.26 bits per heavy atom. The van der Waals surface area contributed by atoms with E-state index in [1.807, 2.05) is 0 Å². The van der Waals surface area contributed by atoms with Gasteiger partial charge in [0.15, 0.2) is 0 Å². The molecule has 1 fully saturated rings. The summed E-state index contributed by atoms with van der Waals surface area (Å²) in [7, 11) is 0. The average molecular weight is 316 g/mol. The zero-order valence-electron chi connectivity index (χ0n) is 15.0. The van der Waals surface area contributed by atoms with Crippen molar-refractivity contribution in [3.05, 3.63) is 23.8 Å². The van der Waals surface area contributed by atoms with Crippen molar-refractivity contribution < 1.29 is 4.74 Å². The van der Waals surface area contributed by atoms with E-state index in [9.17, 15) is 0 Å². The molecule has 3 nitrogen and oxygen atoms in total. The molecule has 1 atom stereocenters. The lowest BCUT2D eigenvalue weighted by atomic mass is 9.93. The molecule has 2 aliphatic heterocycles. The van der Waals surface area contributed by atoms with Crippen molar-refractivity contribution in [1.82, 2.24) is 5.32 Å². The lowest BCUT2D eigenvalue weighted by Crippen LogP contribution is -2.51. The molecule has 2 aliphatic rings. The molecule has 2 heterocycles. The second-order valence-corrected chi connectivity index (χ2v) is 7.32. The molecule has 0 saturated carbocycles. The number of nitrogens with zero attached hydrogens (tertiary/aromatic N) is 1. The Bertz CT molecular complexity index is 518. The standard InChI is InChI=1S/C20H32N2O/c1-4-20(5-2)15-22(13-11-17-8-6-7-12-21-17)18-10-9-16(3)14-19(18)23-20/h9-10,14,17,21H,4-8,11-13,15H2,1-3H3. The van der Waals surface area contributed by atoms with Crippen LogP contribution in [0, 0.1) is 6.92 Å². The summed E-state index contributed by atoms with van der Waals surface area (Å²) in [5, 5.41) is 3.68. The quantitative estimate of drug-likeness (QED) is 0.877. The molecular weight excluding hydrogens is 284 g/mol. The minimum atomic E-state index is -0.0270. The Balaban J connectivity index is 1.77. The van der Waals surface area contributed by atoms with Gasteiger partial charge in [0.2, 0.25) is 0 Å². The van der Waals surface area contributed by atoms with Crippen LogP contribution in [0.1, 0.15) is 57.9 Å². The van der Waals surface area contributed by atoms with Gasteiger partial charge in [0.1, 0.15) is 11.4 Å². The maximum Gasteiger partial charge on any atom is 0.143 e. The highest BCUT2D eigenvalue weighted by molar-refractivity contribution is 5.62. The molecule has 1 N–H and O–H groups in total. The zero-order chi connectivity index (χ0) is 16.3. The summed E-state index contributed by atoms with van der Waals surface area (Å²) < 4.78 is 6.46. The first-order valence-corrected chi connectivity index (χ1v) is 9.44. The van der Waals surface area contributed by atoms with Crippen LogP contribution in [0.5, 0.6) is 5.75 Å². The van der Waals surface area contributed by atoms with Crippen LogP contribution in [0.25, 0.3) is 0 Å². The van der Waals surface area contributed by atoms with Crippen LogP contribution in [0.2, 0.25) is 0 Å². The van der Waals surface area contributed by atoms with Gasteiger partial charge in [0, 0.05) is 12.6 Å². The zero-order valence-corrected chi connectivity index (χ0v) is 15.0. The van der Waals surface area contributed by atoms with Gasteiger partial charge in [0.05, 0.1) is 12.2 Å². The minimum absolute atomic E-state index is 0.0270. The van der Waals surface area contributed by atoms with E-state index in [1.54, 1.807) is 0 Å². The van der Waals surface area contributed by atoms with Crippen molar-refractivity contribution in [2.45, 2.75) is 70.9 Å². The molecule has 0 aromatic heterocycles. The monoisotopic (exact) mass is 316 g/mol. The lowest BCUT2D eigenvalue weighted by Gasteiger charge is -2.44. The van der Waals surface area contributed by atoms with E-state index < -0.39 is 0 Å². The molecule has 3 rings (SSSR count). The lowest BCUT2D eigenvalue weighted by molar-refractivity contribution is 0.0571. The molecule has 1 unspecified atom stereocenters. The van der Waals surface area contributed by atoms with Gasteiger partial charge in [-0.2, -0.15) is 0 Å². The van der Waals surface area contributed by atoms with Crippen LogP contribution < -0.4 is 15.0 Å². The summed E-state index contributed by atoms with van der Waals surface area (Å²) in [6.45, 7) is 9.99. The summed E-state index contributed by atoms with van der Waals surface area (Å²) in [5.41, 5.74) is 2.53. The third kappa shape index (κ3) is 3.65. The summed E-state index contributed by atoms with van der Waals surface area (Å²) in [5.74, 6) is 1.08. The highest BCUT2D eigenvalue weighted by Crippen LogP contribution is 2.40. The van der Waals surface area contributed by atoms with E-state index in [-0.39, 0.29) is 5.60 Å². The maximum absolute atomic E-state index is 6.46. The van der Waals surface area contributed by atoms with E-state index >= 15 is 0 Å². The van der Waals surface area contributed by atoms with E-state index in [4.69, 9.17) is 4.74 Å². The van der Waals surface area contributed by atoms with E-state index in [2.05, 4.69) is 49.2 Å². The molecule has 1 aromatic rings. The largest absolute Gasteiger partial charge is 0.483 e. The number of rotatable bonds is 5. The normalized spacial score (nSPS) is 23.3. The molecule has 0 spiro atoms. The first kappa shape index (κ1) is 16.6. The second kappa shape index (κ2) is 7.12. The average Bonchev–Trinajstić information content (AvgIpc) is 2.60. The van der Waals surface area contributed by atoms with Gasteiger partial charge in [-0.15, -0.1) is 0 Å². The first-order chi connectivity index (χ1) is 11.2. The van der Waals surface area contributed by atoms with Crippen molar-refractivity contribution in [3.63, 3.8) is 0 Å². The number of hydrogen-bond acceptors (Lipinski definition) is 3. The minimum Gasteiger partial charge on any atom is -0.483 e. The fraction of sp³-hybridized carbons (Fsp3) is 0.700. The molecule has 1 aromatic carbocycles. The van der Waals surface area contributed by atoms with Crippen LogP contribution in [-0.4, -0.2) is 31.3 Å². The highest BCUT2D eigenvalue weighted by Gasteiger charge is 2.37. The van der Waals surface area contributed by atoms with Gasteiger partial charge in [-0.05, 0) is 63.3 Å². The van der Waals surface area contributed by atoms with E-state index in [1.165, 1.54) is 43.5 Å². The van der Waals surface area contributed by atoms with Crippen LogP contribution in [0.3, 0.4) is 0 Å². The number of piperidine rings is 1.